The Morgan fingerprint density at radius 1 is 1.40 bits per heavy atom. The second-order valence-corrected chi connectivity index (χ2v) is 5.76. The lowest BCUT2D eigenvalue weighted by atomic mass is 10.1. The molecule has 4 nitrogen and oxygen atoms in total. The summed E-state index contributed by atoms with van der Waals surface area (Å²) >= 11 is 11.6. The molecule has 0 aliphatic carbocycles. The average molecular weight is 307 g/mol. The van der Waals surface area contributed by atoms with Crippen LogP contribution < -0.4 is 0 Å². The first-order chi connectivity index (χ1) is 9.49. The van der Waals surface area contributed by atoms with E-state index < -0.39 is 0 Å². The number of aryl methyl sites for hydroxylation is 2. The summed E-state index contributed by atoms with van der Waals surface area (Å²) < 4.78 is 4.64. The largest absolute Gasteiger partial charge is 0.328 e. The fourth-order valence-electron chi connectivity index (χ4n) is 2.61. The molecule has 1 aromatic carbocycles. The van der Waals surface area contributed by atoms with E-state index in [1.807, 2.05) is 36.9 Å². The van der Waals surface area contributed by atoms with Crippen molar-refractivity contribution in [3.63, 3.8) is 0 Å². The predicted molar refractivity (Wildman–Crippen MR) is 83.9 cm³/mol. The van der Waals surface area contributed by atoms with E-state index in [4.69, 9.17) is 23.8 Å². The van der Waals surface area contributed by atoms with Crippen LogP contribution in [0.1, 0.15) is 24.2 Å². The highest BCUT2D eigenvalue weighted by molar-refractivity contribution is 7.71. The van der Waals surface area contributed by atoms with Gasteiger partial charge >= 0.3 is 0 Å². The minimum atomic E-state index is 0.0877. The second kappa shape index (κ2) is 4.75. The summed E-state index contributed by atoms with van der Waals surface area (Å²) in [6.07, 6.45) is 0. The summed E-state index contributed by atoms with van der Waals surface area (Å²) in [4.78, 5) is 3.24. The number of rotatable bonds is 2. The molecule has 1 N–H and O–H groups in total. The van der Waals surface area contributed by atoms with Crippen molar-refractivity contribution in [1.82, 2.24) is 19.3 Å². The fraction of sp³-hybridized carbons (Fsp3) is 0.286. The van der Waals surface area contributed by atoms with Crippen molar-refractivity contribution in [2.45, 2.75) is 19.9 Å². The Labute approximate surface area is 127 Å². The van der Waals surface area contributed by atoms with Crippen molar-refractivity contribution in [2.24, 2.45) is 7.05 Å². The number of benzene rings is 1. The summed E-state index contributed by atoms with van der Waals surface area (Å²) in [7, 11) is 1.93. The molecular weight excluding hydrogens is 292 g/mol. The van der Waals surface area contributed by atoms with E-state index in [0.717, 1.165) is 27.4 Å². The number of nitrogens with one attached hydrogen (secondary N) is 1. The third-order valence-corrected chi connectivity index (χ3v) is 4.12. The van der Waals surface area contributed by atoms with Gasteiger partial charge in [0, 0.05) is 12.1 Å². The highest BCUT2D eigenvalue weighted by Gasteiger charge is 2.18. The van der Waals surface area contributed by atoms with Crippen LogP contribution in [-0.4, -0.2) is 19.3 Å². The van der Waals surface area contributed by atoms with Crippen LogP contribution in [0.4, 0.5) is 0 Å². The molecule has 0 amide bonds. The molecule has 20 heavy (non-hydrogen) atoms. The van der Waals surface area contributed by atoms with E-state index in [2.05, 4.69) is 27.6 Å². The molecule has 0 saturated carbocycles. The van der Waals surface area contributed by atoms with Gasteiger partial charge in [-0.1, -0.05) is 23.7 Å². The molecule has 0 aliphatic heterocycles. The molecule has 3 aromatic rings. The topological polar surface area (TPSA) is 38.5 Å². The maximum Gasteiger partial charge on any atom is 0.179 e. The third kappa shape index (κ3) is 1.98. The fourth-order valence-corrected chi connectivity index (χ4v) is 3.15. The van der Waals surface area contributed by atoms with E-state index in [9.17, 15) is 0 Å². The SMILES string of the molecule is Cc1nn(C)c2c1[nH]c(=S)n2C(C)c1cccc(Cl)c1. The standard InChI is InChI=1S/C14H15ClN4S/c1-8-12-13(18(3)17-8)19(14(20)16-12)9(2)10-5-4-6-11(15)7-10/h4-7,9H,1-3H3,(H,16,20). The smallest absolute Gasteiger partial charge is 0.179 e. The Morgan fingerprint density at radius 3 is 2.85 bits per heavy atom. The zero-order chi connectivity index (χ0) is 14.4. The maximum atomic E-state index is 6.08. The van der Waals surface area contributed by atoms with Gasteiger partial charge in [-0.25, -0.2) is 0 Å². The lowest BCUT2D eigenvalue weighted by Crippen LogP contribution is -2.09. The van der Waals surface area contributed by atoms with Crippen LogP contribution in [0.5, 0.6) is 0 Å². The van der Waals surface area contributed by atoms with Gasteiger partial charge in [0.2, 0.25) is 0 Å². The van der Waals surface area contributed by atoms with Gasteiger partial charge in [-0.2, -0.15) is 5.10 Å². The van der Waals surface area contributed by atoms with Crippen molar-refractivity contribution >= 4 is 35.0 Å². The summed E-state index contributed by atoms with van der Waals surface area (Å²) in [5.74, 6) is 0. The molecule has 0 aliphatic rings. The quantitative estimate of drug-likeness (QED) is 0.727. The number of imidazole rings is 1. The summed E-state index contributed by atoms with van der Waals surface area (Å²) in [6, 6.07) is 7.94. The van der Waals surface area contributed by atoms with Crippen LogP contribution >= 0.6 is 23.8 Å². The number of fused-ring (bicyclic) bond motifs is 1. The lowest BCUT2D eigenvalue weighted by molar-refractivity contribution is 0.620. The van der Waals surface area contributed by atoms with Crippen LogP contribution in [0, 0.1) is 11.7 Å². The average Bonchev–Trinajstić information content (AvgIpc) is 2.87. The number of aromatic nitrogens is 4. The molecule has 0 saturated heterocycles. The van der Waals surface area contributed by atoms with Crippen LogP contribution in [-0.2, 0) is 7.05 Å². The normalized spacial score (nSPS) is 13.0. The Balaban J connectivity index is 2.24. The van der Waals surface area contributed by atoms with Crippen LogP contribution in [0.3, 0.4) is 0 Å². The van der Waals surface area contributed by atoms with E-state index in [-0.39, 0.29) is 6.04 Å². The second-order valence-electron chi connectivity index (χ2n) is 4.94. The molecule has 0 bridgehead atoms. The summed E-state index contributed by atoms with van der Waals surface area (Å²) in [5.41, 5.74) is 4.06. The Kier molecular flexibility index (Phi) is 3.18. The van der Waals surface area contributed by atoms with E-state index >= 15 is 0 Å². The van der Waals surface area contributed by atoms with Crippen molar-refractivity contribution in [2.75, 3.05) is 0 Å². The molecule has 1 atom stereocenters. The number of H-pyrrole nitrogens is 1. The Bertz CT molecular complexity index is 843. The Hall–Kier alpha value is -1.59. The van der Waals surface area contributed by atoms with Gasteiger partial charge in [0.05, 0.1) is 11.7 Å². The minimum absolute atomic E-state index is 0.0877. The lowest BCUT2D eigenvalue weighted by Gasteiger charge is -2.15. The van der Waals surface area contributed by atoms with Gasteiger partial charge in [-0.15, -0.1) is 0 Å². The first-order valence-electron chi connectivity index (χ1n) is 6.38. The van der Waals surface area contributed by atoms with Gasteiger partial charge in [0.25, 0.3) is 0 Å². The number of aromatic amines is 1. The molecule has 3 rings (SSSR count). The monoisotopic (exact) mass is 306 g/mol. The van der Waals surface area contributed by atoms with Crippen molar-refractivity contribution in [1.29, 1.82) is 0 Å². The number of nitrogens with zero attached hydrogens (tertiary/aromatic N) is 3. The highest BCUT2D eigenvalue weighted by atomic mass is 35.5. The highest BCUT2D eigenvalue weighted by Crippen LogP contribution is 2.26. The number of hydrogen-bond donors (Lipinski definition) is 1. The third-order valence-electron chi connectivity index (χ3n) is 3.59. The molecule has 0 fully saturated rings. The molecule has 2 heterocycles. The Morgan fingerprint density at radius 2 is 2.15 bits per heavy atom. The predicted octanol–water partition coefficient (Wildman–Crippen LogP) is 4.00. The van der Waals surface area contributed by atoms with E-state index in [1.165, 1.54) is 0 Å². The summed E-state index contributed by atoms with van der Waals surface area (Å²) in [5, 5.41) is 5.17. The van der Waals surface area contributed by atoms with Crippen molar-refractivity contribution in [3.8, 4) is 0 Å². The number of halogens is 1. The molecule has 1 unspecified atom stereocenters. The summed E-state index contributed by atoms with van der Waals surface area (Å²) in [6.45, 7) is 4.08. The van der Waals surface area contributed by atoms with E-state index in [1.54, 1.807) is 0 Å². The van der Waals surface area contributed by atoms with E-state index in [0.29, 0.717) is 4.77 Å². The first kappa shape index (κ1) is 13.4. The van der Waals surface area contributed by atoms with Gasteiger partial charge < -0.3 is 4.98 Å². The zero-order valence-corrected chi connectivity index (χ0v) is 13.1. The van der Waals surface area contributed by atoms with Crippen LogP contribution in [0.15, 0.2) is 24.3 Å². The molecule has 0 spiro atoms. The maximum absolute atomic E-state index is 6.08. The van der Waals surface area contributed by atoms with Crippen molar-refractivity contribution in [3.05, 3.63) is 45.3 Å². The molecule has 2 aromatic heterocycles. The first-order valence-corrected chi connectivity index (χ1v) is 7.17. The van der Waals surface area contributed by atoms with Gasteiger partial charge in [-0.3, -0.25) is 9.25 Å². The van der Waals surface area contributed by atoms with Gasteiger partial charge in [0.15, 0.2) is 10.4 Å². The van der Waals surface area contributed by atoms with Gasteiger partial charge in [0.1, 0.15) is 5.52 Å². The minimum Gasteiger partial charge on any atom is -0.328 e. The van der Waals surface area contributed by atoms with Crippen LogP contribution in [0.25, 0.3) is 11.2 Å². The zero-order valence-electron chi connectivity index (χ0n) is 11.5. The van der Waals surface area contributed by atoms with Crippen molar-refractivity contribution < 1.29 is 0 Å². The van der Waals surface area contributed by atoms with Crippen LogP contribution in [0.2, 0.25) is 5.02 Å². The molecule has 0 radical (unpaired) electrons. The molecule has 6 heteroatoms. The number of hydrogen-bond acceptors (Lipinski definition) is 2. The molecular formula is C14H15ClN4S. The van der Waals surface area contributed by atoms with Gasteiger partial charge in [-0.05, 0) is 43.8 Å². The molecule has 104 valence electrons.